The van der Waals surface area contributed by atoms with Crippen LogP contribution in [0, 0.1) is 3.57 Å². The number of halogens is 4. The number of rotatable bonds is 11. The Morgan fingerprint density at radius 1 is 1.07 bits per heavy atom. The number of anilines is 1. The molecule has 0 aliphatic heterocycles. The number of carbonyl (C=O) groups is 1. The average Bonchev–Trinajstić information content (AvgIpc) is 2.61. The minimum Gasteiger partial charge on any atom is -0.339 e. The third-order valence-electron chi connectivity index (χ3n) is 4.04. The van der Waals surface area contributed by atoms with Crippen molar-refractivity contribution in [3.8, 4) is 0 Å². The molecule has 158 valence electrons. The highest BCUT2D eigenvalue weighted by atomic mass is 127. The Balaban J connectivity index is 2.45. The lowest BCUT2D eigenvalue weighted by molar-refractivity contribution is -0.122. The summed E-state index contributed by atoms with van der Waals surface area (Å²) in [7, 11) is 0. The van der Waals surface area contributed by atoms with Crippen LogP contribution in [0.5, 0.6) is 0 Å². The maximum atomic E-state index is 12.2. The van der Waals surface area contributed by atoms with Crippen LogP contribution >= 0.6 is 69.6 Å². The maximum absolute atomic E-state index is 12.2. The highest BCUT2D eigenvalue weighted by molar-refractivity contribution is 14.1. The molecule has 0 aliphatic rings. The standard InChI is InChI=1S/C19H27Cl3IN3OS/c1-2-3-4-5-6-7-8-13-16(27)25-17(19(20,21)22)26-18(28)24-15-12-10-9-11-14(15)23/h9-12,17H,2-8,13H2,1H3,(H,25,27)(H2,24,26,28)/t17-/m1/s1. The fourth-order valence-corrected chi connectivity index (χ4v) is 3.61. The molecule has 0 aliphatic carbocycles. The molecule has 1 amide bonds. The number of hydrogen-bond acceptors (Lipinski definition) is 2. The number of amides is 1. The number of thiocarbonyl (C=S) groups is 1. The summed E-state index contributed by atoms with van der Waals surface area (Å²) in [6.07, 6.45) is 7.41. The molecule has 0 unspecified atom stereocenters. The van der Waals surface area contributed by atoms with Gasteiger partial charge in [-0.3, -0.25) is 4.79 Å². The fraction of sp³-hybridized carbons (Fsp3) is 0.579. The van der Waals surface area contributed by atoms with E-state index in [0.29, 0.717) is 6.42 Å². The van der Waals surface area contributed by atoms with Crippen molar-refractivity contribution in [1.29, 1.82) is 0 Å². The summed E-state index contributed by atoms with van der Waals surface area (Å²) in [4.78, 5) is 12.2. The van der Waals surface area contributed by atoms with Crippen LogP contribution in [-0.2, 0) is 4.79 Å². The normalized spacial score (nSPS) is 12.3. The van der Waals surface area contributed by atoms with Crippen molar-refractivity contribution < 1.29 is 4.79 Å². The largest absolute Gasteiger partial charge is 0.339 e. The van der Waals surface area contributed by atoms with E-state index in [9.17, 15) is 4.79 Å². The lowest BCUT2D eigenvalue weighted by Crippen LogP contribution is -2.56. The fourth-order valence-electron chi connectivity index (χ4n) is 2.53. The third-order valence-corrected chi connectivity index (χ3v) is 5.85. The van der Waals surface area contributed by atoms with Gasteiger partial charge in [0.1, 0.15) is 6.17 Å². The molecule has 0 radical (unpaired) electrons. The smallest absolute Gasteiger partial charge is 0.228 e. The Hall–Kier alpha value is -0.0200. The second kappa shape index (κ2) is 14.1. The Morgan fingerprint density at radius 3 is 2.29 bits per heavy atom. The van der Waals surface area contributed by atoms with E-state index in [2.05, 4.69) is 45.5 Å². The SMILES string of the molecule is CCCCCCCCCC(=O)N[C@H](NC(=S)Nc1ccccc1I)C(Cl)(Cl)Cl. The van der Waals surface area contributed by atoms with Gasteiger partial charge < -0.3 is 16.0 Å². The molecule has 0 spiro atoms. The van der Waals surface area contributed by atoms with E-state index >= 15 is 0 Å². The van der Waals surface area contributed by atoms with E-state index in [1.54, 1.807) is 0 Å². The number of para-hydroxylation sites is 1. The Bertz CT molecular complexity index is 629. The van der Waals surface area contributed by atoms with Gasteiger partial charge >= 0.3 is 0 Å². The second-order valence-corrected chi connectivity index (χ2v) is 10.4. The number of hydrogen-bond donors (Lipinski definition) is 3. The van der Waals surface area contributed by atoms with Crippen LogP contribution in [0.2, 0.25) is 0 Å². The van der Waals surface area contributed by atoms with Gasteiger partial charge in [-0.2, -0.15) is 0 Å². The van der Waals surface area contributed by atoms with Crippen LogP contribution in [0.15, 0.2) is 24.3 Å². The number of benzene rings is 1. The molecule has 1 atom stereocenters. The summed E-state index contributed by atoms with van der Waals surface area (Å²) in [6.45, 7) is 2.20. The van der Waals surface area contributed by atoms with Gasteiger partial charge in [-0.15, -0.1) is 0 Å². The van der Waals surface area contributed by atoms with Gasteiger partial charge in [0, 0.05) is 9.99 Å². The number of carbonyl (C=O) groups excluding carboxylic acids is 1. The molecule has 1 aromatic rings. The van der Waals surface area contributed by atoms with E-state index < -0.39 is 9.96 Å². The molecule has 0 fully saturated rings. The molecule has 0 saturated heterocycles. The van der Waals surface area contributed by atoms with Crippen LogP contribution < -0.4 is 16.0 Å². The van der Waals surface area contributed by atoms with Crippen molar-refractivity contribution in [2.24, 2.45) is 0 Å². The van der Waals surface area contributed by atoms with Crippen molar-refractivity contribution in [1.82, 2.24) is 10.6 Å². The zero-order chi connectivity index (χ0) is 21.0. The number of nitrogens with one attached hydrogen (secondary N) is 3. The van der Waals surface area contributed by atoms with Crippen LogP contribution in [0.25, 0.3) is 0 Å². The summed E-state index contributed by atoms with van der Waals surface area (Å²) in [6, 6.07) is 7.66. The number of alkyl halides is 3. The summed E-state index contributed by atoms with van der Waals surface area (Å²) in [5, 5.41) is 8.91. The molecule has 28 heavy (non-hydrogen) atoms. The van der Waals surface area contributed by atoms with Crippen LogP contribution in [0.4, 0.5) is 5.69 Å². The summed E-state index contributed by atoms with van der Waals surface area (Å²) >= 11 is 25.5. The van der Waals surface area contributed by atoms with Crippen molar-refractivity contribution in [3.05, 3.63) is 27.8 Å². The monoisotopic (exact) mass is 577 g/mol. The zero-order valence-corrected chi connectivity index (χ0v) is 21.1. The van der Waals surface area contributed by atoms with E-state index in [0.717, 1.165) is 28.5 Å². The molecule has 3 N–H and O–H groups in total. The predicted molar refractivity (Wildman–Crippen MR) is 133 cm³/mol. The predicted octanol–water partition coefficient (Wildman–Crippen LogP) is 6.53. The van der Waals surface area contributed by atoms with Gasteiger partial charge in [-0.25, -0.2) is 0 Å². The Morgan fingerprint density at radius 2 is 1.68 bits per heavy atom. The minimum atomic E-state index is -1.74. The van der Waals surface area contributed by atoms with E-state index in [4.69, 9.17) is 47.0 Å². The average molecular weight is 579 g/mol. The highest BCUT2D eigenvalue weighted by Crippen LogP contribution is 2.29. The second-order valence-electron chi connectivity index (χ2n) is 6.49. The first-order valence-electron chi connectivity index (χ1n) is 9.42. The topological polar surface area (TPSA) is 53.2 Å². The van der Waals surface area contributed by atoms with Crippen molar-refractivity contribution in [3.63, 3.8) is 0 Å². The summed E-state index contributed by atoms with van der Waals surface area (Å²) in [5.41, 5.74) is 0.832. The summed E-state index contributed by atoms with van der Waals surface area (Å²) in [5.74, 6) is -0.172. The first kappa shape index (κ1) is 26.0. The first-order chi connectivity index (χ1) is 13.2. The number of unbranched alkanes of at least 4 members (excludes halogenated alkanes) is 6. The maximum Gasteiger partial charge on any atom is 0.228 e. The van der Waals surface area contributed by atoms with Gasteiger partial charge in [-0.05, 0) is 53.4 Å². The molecule has 0 saturated carbocycles. The zero-order valence-electron chi connectivity index (χ0n) is 15.9. The van der Waals surface area contributed by atoms with Crippen LogP contribution in [-0.4, -0.2) is 21.0 Å². The van der Waals surface area contributed by atoms with Crippen molar-refractivity contribution in [2.45, 2.75) is 68.2 Å². The quantitative estimate of drug-likeness (QED) is 0.0919. The molecule has 0 aromatic heterocycles. The van der Waals surface area contributed by atoms with Crippen molar-refractivity contribution >= 4 is 86.3 Å². The lowest BCUT2D eigenvalue weighted by atomic mass is 10.1. The van der Waals surface area contributed by atoms with Gasteiger partial charge in [0.25, 0.3) is 0 Å². The third kappa shape index (κ3) is 11.2. The molecular formula is C19H27Cl3IN3OS. The summed E-state index contributed by atoms with van der Waals surface area (Å²) < 4.78 is -0.747. The molecule has 1 rings (SSSR count). The van der Waals surface area contributed by atoms with E-state index in [-0.39, 0.29) is 11.0 Å². The van der Waals surface area contributed by atoms with Gasteiger partial charge in [-0.1, -0.05) is 92.4 Å². The molecular weight excluding hydrogens is 552 g/mol. The first-order valence-corrected chi connectivity index (χ1v) is 12.0. The molecule has 1 aromatic carbocycles. The van der Waals surface area contributed by atoms with E-state index in [1.165, 1.54) is 25.7 Å². The lowest BCUT2D eigenvalue weighted by Gasteiger charge is -2.28. The molecule has 0 bridgehead atoms. The Kier molecular flexibility index (Phi) is 13.1. The molecule has 9 heteroatoms. The van der Waals surface area contributed by atoms with Crippen molar-refractivity contribution in [2.75, 3.05) is 5.32 Å². The molecule has 0 heterocycles. The highest BCUT2D eigenvalue weighted by Gasteiger charge is 2.34. The molecule has 4 nitrogen and oxygen atoms in total. The van der Waals surface area contributed by atoms with E-state index in [1.807, 2.05) is 24.3 Å². The van der Waals surface area contributed by atoms with Gasteiger partial charge in [0.2, 0.25) is 9.70 Å². The van der Waals surface area contributed by atoms with Gasteiger partial charge in [0.05, 0.1) is 5.69 Å². The van der Waals surface area contributed by atoms with Crippen LogP contribution in [0.3, 0.4) is 0 Å². The van der Waals surface area contributed by atoms with Gasteiger partial charge in [0.15, 0.2) is 5.11 Å². The van der Waals surface area contributed by atoms with Crippen LogP contribution in [0.1, 0.15) is 58.3 Å². The Labute approximate surface area is 202 Å². The minimum absolute atomic E-state index is 0.172.